The first-order chi connectivity index (χ1) is 11.6. The van der Waals surface area contributed by atoms with Crippen LogP contribution in [-0.2, 0) is 10.8 Å². The molecular formula is C20H39BO6. The lowest BCUT2D eigenvalue weighted by atomic mass is 9.80. The third-order valence-electron chi connectivity index (χ3n) is 4.15. The molecule has 0 bridgehead atoms. The van der Waals surface area contributed by atoms with Crippen molar-refractivity contribution in [3.05, 3.63) is 29.3 Å². The van der Waals surface area contributed by atoms with Crippen molar-refractivity contribution in [3.63, 3.8) is 0 Å². The Morgan fingerprint density at radius 3 is 0.963 bits per heavy atom. The van der Waals surface area contributed by atoms with Crippen LogP contribution in [0.4, 0.5) is 0 Å². The maximum Gasteiger partial charge on any atom is 0.631 e. The van der Waals surface area contributed by atoms with Gasteiger partial charge >= 0.3 is 7.32 Å². The van der Waals surface area contributed by atoms with Crippen LogP contribution in [0.15, 0.2) is 18.2 Å². The van der Waals surface area contributed by atoms with Crippen LogP contribution in [0.5, 0.6) is 5.75 Å². The molecule has 27 heavy (non-hydrogen) atoms. The second kappa shape index (κ2) is 9.89. The molecule has 0 spiro atoms. The maximum atomic E-state index is 9.72. The van der Waals surface area contributed by atoms with Crippen LogP contribution in [-0.4, -0.2) is 48.9 Å². The molecule has 6 nitrogen and oxygen atoms in total. The smallest absolute Gasteiger partial charge is 0.508 e. The van der Waals surface area contributed by atoms with E-state index < -0.39 is 18.5 Å². The molecule has 7 heteroatoms. The highest BCUT2D eigenvalue weighted by Crippen LogP contribution is 2.32. The molecule has 0 atom stereocenters. The molecular weight excluding hydrogens is 347 g/mol. The minimum atomic E-state index is -2.17. The summed E-state index contributed by atoms with van der Waals surface area (Å²) < 4.78 is 0. The number of rotatable bonds is 1. The van der Waals surface area contributed by atoms with Gasteiger partial charge in [0.05, 0.1) is 11.2 Å². The van der Waals surface area contributed by atoms with Gasteiger partial charge in [0, 0.05) is 0 Å². The van der Waals surface area contributed by atoms with Crippen molar-refractivity contribution in [2.24, 2.45) is 0 Å². The highest BCUT2D eigenvalue weighted by molar-refractivity contribution is 6.30. The van der Waals surface area contributed by atoms with E-state index in [9.17, 15) is 5.11 Å². The van der Waals surface area contributed by atoms with Gasteiger partial charge in [-0.3, -0.25) is 0 Å². The average Bonchev–Trinajstić information content (AvgIpc) is 2.33. The van der Waals surface area contributed by atoms with Gasteiger partial charge in [-0.1, -0.05) is 47.6 Å². The largest absolute Gasteiger partial charge is 0.631 e. The Balaban J connectivity index is 0. The standard InChI is InChI=1S/C14H22O.C6H14O2.BH3O3/c1-13(2,3)10-7-11(14(4,5)6)9-12(15)8-10;1-5(2,7)6(3,4)8;2-1(3)4/h7-9,15H,1-6H3;7-8H,1-4H3;2-4H. The average molecular weight is 386 g/mol. The molecule has 0 amide bonds. The summed E-state index contributed by atoms with van der Waals surface area (Å²) in [6, 6.07) is 5.91. The van der Waals surface area contributed by atoms with Crippen molar-refractivity contribution < 1.29 is 30.4 Å². The van der Waals surface area contributed by atoms with E-state index in [-0.39, 0.29) is 10.8 Å². The molecule has 6 N–H and O–H groups in total. The Morgan fingerprint density at radius 2 is 0.815 bits per heavy atom. The van der Waals surface area contributed by atoms with Gasteiger partial charge in [0.25, 0.3) is 0 Å². The summed E-state index contributed by atoms with van der Waals surface area (Å²) in [7, 11) is -2.17. The van der Waals surface area contributed by atoms with Gasteiger partial charge in [-0.05, 0) is 61.8 Å². The summed E-state index contributed by atoms with van der Waals surface area (Å²) in [6.45, 7) is 19.3. The Labute approximate surface area is 164 Å². The van der Waals surface area contributed by atoms with Gasteiger partial charge in [-0.2, -0.15) is 0 Å². The zero-order valence-electron chi connectivity index (χ0n) is 18.5. The molecule has 1 aromatic rings. The first-order valence-corrected chi connectivity index (χ1v) is 8.93. The molecule has 0 aromatic heterocycles. The Bertz CT molecular complexity index is 511. The van der Waals surface area contributed by atoms with Crippen molar-refractivity contribution in [3.8, 4) is 5.75 Å². The van der Waals surface area contributed by atoms with Crippen LogP contribution < -0.4 is 0 Å². The highest BCUT2D eigenvalue weighted by Gasteiger charge is 2.31. The monoisotopic (exact) mass is 386 g/mol. The molecule has 0 aliphatic carbocycles. The lowest BCUT2D eigenvalue weighted by Gasteiger charge is -2.31. The number of phenolic OH excluding ortho intramolecular Hbond substituents is 1. The highest BCUT2D eigenvalue weighted by atomic mass is 16.5. The van der Waals surface area contributed by atoms with Crippen LogP contribution in [0.25, 0.3) is 0 Å². The lowest BCUT2D eigenvalue weighted by Crippen LogP contribution is -2.44. The van der Waals surface area contributed by atoms with E-state index in [4.69, 9.17) is 25.3 Å². The van der Waals surface area contributed by atoms with Gasteiger partial charge < -0.3 is 30.4 Å². The maximum absolute atomic E-state index is 9.72. The number of hydrogen-bond acceptors (Lipinski definition) is 6. The van der Waals surface area contributed by atoms with Crippen molar-refractivity contribution in [1.82, 2.24) is 0 Å². The molecule has 0 radical (unpaired) electrons. The number of phenols is 1. The molecule has 1 rings (SSSR count). The number of benzene rings is 1. The summed E-state index contributed by atoms with van der Waals surface area (Å²) in [5, 5.41) is 49.4. The van der Waals surface area contributed by atoms with Crippen molar-refractivity contribution in [2.75, 3.05) is 0 Å². The van der Waals surface area contributed by atoms with Crippen LogP contribution in [0.3, 0.4) is 0 Å². The second-order valence-electron chi connectivity index (χ2n) is 9.73. The third kappa shape index (κ3) is 12.8. The minimum Gasteiger partial charge on any atom is -0.508 e. The molecule has 0 fully saturated rings. The zero-order valence-corrected chi connectivity index (χ0v) is 18.5. The van der Waals surface area contributed by atoms with Crippen molar-refractivity contribution >= 4 is 7.32 Å². The van der Waals surface area contributed by atoms with Gasteiger partial charge in [-0.25, -0.2) is 0 Å². The van der Waals surface area contributed by atoms with Crippen LogP contribution in [0.1, 0.15) is 80.4 Å². The van der Waals surface area contributed by atoms with E-state index in [1.807, 2.05) is 12.1 Å². The van der Waals surface area contributed by atoms with E-state index in [2.05, 4.69) is 47.6 Å². The fraction of sp³-hybridized carbons (Fsp3) is 0.700. The van der Waals surface area contributed by atoms with Crippen molar-refractivity contribution in [1.29, 1.82) is 0 Å². The van der Waals surface area contributed by atoms with Crippen LogP contribution in [0, 0.1) is 0 Å². The van der Waals surface area contributed by atoms with E-state index in [1.165, 1.54) is 11.1 Å². The molecule has 0 saturated heterocycles. The minimum absolute atomic E-state index is 0.0821. The van der Waals surface area contributed by atoms with Gasteiger partial charge in [-0.15, -0.1) is 0 Å². The molecule has 0 heterocycles. The predicted octanol–water partition coefficient (Wildman–Crippen LogP) is 2.46. The number of aliphatic hydroxyl groups is 2. The lowest BCUT2D eigenvalue weighted by molar-refractivity contribution is -0.107. The predicted molar refractivity (Wildman–Crippen MR) is 111 cm³/mol. The summed E-state index contributed by atoms with van der Waals surface area (Å²) in [5.74, 6) is 0.368. The SMILES string of the molecule is CC(C)(C)c1cc(O)cc(C(C)(C)C)c1.CC(C)(O)C(C)(C)O.OB(O)O. The van der Waals surface area contributed by atoms with E-state index >= 15 is 0 Å². The fourth-order valence-corrected chi connectivity index (χ4v) is 1.48. The quantitative estimate of drug-likeness (QED) is 0.413. The molecule has 1 aromatic carbocycles. The Kier molecular flexibility index (Phi) is 10.3. The molecule has 0 unspecified atom stereocenters. The third-order valence-corrected chi connectivity index (χ3v) is 4.15. The first kappa shape index (κ1) is 28.1. The van der Waals surface area contributed by atoms with Crippen molar-refractivity contribution in [2.45, 2.75) is 91.3 Å². The Hall–Kier alpha value is -1.12. The van der Waals surface area contributed by atoms with Gasteiger partial charge in [0.1, 0.15) is 5.75 Å². The molecule has 0 aliphatic heterocycles. The Morgan fingerprint density at radius 1 is 0.593 bits per heavy atom. The van der Waals surface area contributed by atoms with Crippen LogP contribution >= 0.6 is 0 Å². The number of hydrogen-bond donors (Lipinski definition) is 6. The fourth-order valence-electron chi connectivity index (χ4n) is 1.48. The second-order valence-corrected chi connectivity index (χ2v) is 9.73. The van der Waals surface area contributed by atoms with E-state index in [0.717, 1.165) is 0 Å². The topological polar surface area (TPSA) is 121 Å². The summed E-state index contributed by atoms with van der Waals surface area (Å²) in [5.41, 5.74) is 0.525. The summed E-state index contributed by atoms with van der Waals surface area (Å²) in [4.78, 5) is 0. The van der Waals surface area contributed by atoms with E-state index in [1.54, 1.807) is 27.7 Å². The van der Waals surface area contributed by atoms with Gasteiger partial charge in [0.15, 0.2) is 0 Å². The van der Waals surface area contributed by atoms with E-state index in [0.29, 0.717) is 5.75 Å². The molecule has 158 valence electrons. The first-order valence-electron chi connectivity index (χ1n) is 8.93. The zero-order chi connectivity index (χ0) is 22.4. The number of aromatic hydroxyl groups is 1. The molecule has 0 aliphatic rings. The summed E-state index contributed by atoms with van der Waals surface area (Å²) in [6.07, 6.45) is 0. The summed E-state index contributed by atoms with van der Waals surface area (Å²) >= 11 is 0. The van der Waals surface area contributed by atoms with Gasteiger partial charge in [0.2, 0.25) is 0 Å². The van der Waals surface area contributed by atoms with Crippen LogP contribution in [0.2, 0.25) is 0 Å². The molecule has 0 saturated carbocycles. The normalized spacial score (nSPS) is 12.4.